The molecule has 2 aromatic carbocycles. The van der Waals surface area contributed by atoms with Crippen molar-refractivity contribution >= 4 is 18.2 Å². The van der Waals surface area contributed by atoms with Crippen LogP contribution in [0.3, 0.4) is 0 Å². The zero-order valence-corrected chi connectivity index (χ0v) is 8.93. The molecule has 0 atom stereocenters. The number of benzene rings is 2. The van der Waals surface area contributed by atoms with E-state index in [9.17, 15) is 0 Å². The summed E-state index contributed by atoms with van der Waals surface area (Å²) in [5.41, 5.74) is 2.52. The van der Waals surface area contributed by atoms with E-state index in [1.54, 1.807) is 0 Å². The summed E-state index contributed by atoms with van der Waals surface area (Å²) in [5.74, 6) is 0. The molecular weight excluding hydrogens is 192 g/mol. The largest absolute Gasteiger partial charge is 0.0622 e. The van der Waals surface area contributed by atoms with Gasteiger partial charge in [0, 0.05) is 0 Å². The summed E-state index contributed by atoms with van der Waals surface area (Å²) in [6, 6.07) is 18.9. The van der Waals surface area contributed by atoms with Gasteiger partial charge in [-0.25, -0.2) is 0 Å². The van der Waals surface area contributed by atoms with Crippen LogP contribution in [0.4, 0.5) is 0 Å². The van der Waals surface area contributed by atoms with Crippen LogP contribution in [0, 0.1) is 0 Å². The first-order valence-corrected chi connectivity index (χ1v) is 5.47. The zero-order chi connectivity index (χ0) is 10.8. The fraction of sp³-hybridized carbons (Fsp3) is 0. The van der Waals surface area contributed by atoms with Gasteiger partial charge in [-0.05, 0) is 39.8 Å². The minimum Gasteiger partial charge on any atom is -0.0622 e. The average Bonchev–Trinajstić information content (AvgIpc) is 2.72. The topological polar surface area (TPSA) is 0 Å². The summed E-state index contributed by atoms with van der Waals surface area (Å²) >= 11 is 0. The first-order chi connectivity index (χ1) is 7.92. The second kappa shape index (κ2) is 3.82. The van der Waals surface area contributed by atoms with E-state index in [0.29, 0.717) is 0 Å². The smallest absolute Gasteiger partial charge is 0.0178 e. The fourth-order valence-electron chi connectivity index (χ4n) is 2.00. The molecule has 0 nitrogen and oxygen atoms in total. The Morgan fingerprint density at radius 1 is 0.625 bits per heavy atom. The highest BCUT2D eigenvalue weighted by Gasteiger charge is 1.97. The van der Waals surface area contributed by atoms with E-state index in [-0.39, 0.29) is 0 Å². The van der Waals surface area contributed by atoms with Crippen LogP contribution >= 0.6 is 0 Å². The van der Waals surface area contributed by atoms with E-state index in [4.69, 9.17) is 0 Å². The van der Waals surface area contributed by atoms with E-state index in [1.165, 1.54) is 21.6 Å². The van der Waals surface area contributed by atoms with Gasteiger partial charge in [0.2, 0.25) is 0 Å². The van der Waals surface area contributed by atoms with E-state index >= 15 is 0 Å². The molecule has 0 aromatic heterocycles. The molecule has 0 bridgehead atoms. The SMILES string of the molecule is C(=C1C=c2ccccc2=C1)c1ccccc1. The van der Waals surface area contributed by atoms with Crippen LogP contribution in [0.1, 0.15) is 5.56 Å². The lowest BCUT2D eigenvalue weighted by Gasteiger charge is -1.92. The third-order valence-corrected chi connectivity index (χ3v) is 2.77. The molecule has 0 fully saturated rings. The molecule has 0 heterocycles. The van der Waals surface area contributed by atoms with E-state index in [2.05, 4.69) is 66.8 Å². The van der Waals surface area contributed by atoms with Crippen LogP contribution in [-0.4, -0.2) is 0 Å². The minimum atomic E-state index is 1.25. The summed E-state index contributed by atoms with van der Waals surface area (Å²) in [7, 11) is 0. The molecule has 0 radical (unpaired) electrons. The maximum absolute atomic E-state index is 2.22. The third kappa shape index (κ3) is 1.70. The molecule has 0 aliphatic heterocycles. The van der Waals surface area contributed by atoms with Crippen LogP contribution in [0.2, 0.25) is 0 Å². The first kappa shape index (κ1) is 9.17. The van der Waals surface area contributed by atoms with Crippen LogP contribution in [-0.2, 0) is 0 Å². The molecule has 0 amide bonds. The summed E-state index contributed by atoms with van der Waals surface area (Å²) in [4.78, 5) is 0. The molecule has 1 aliphatic rings. The fourth-order valence-corrected chi connectivity index (χ4v) is 2.00. The van der Waals surface area contributed by atoms with Gasteiger partial charge in [0.25, 0.3) is 0 Å². The molecule has 0 spiro atoms. The van der Waals surface area contributed by atoms with Crippen LogP contribution in [0.5, 0.6) is 0 Å². The van der Waals surface area contributed by atoms with Crippen molar-refractivity contribution in [2.75, 3.05) is 0 Å². The van der Waals surface area contributed by atoms with Gasteiger partial charge in [0.1, 0.15) is 0 Å². The molecule has 3 rings (SSSR count). The zero-order valence-electron chi connectivity index (χ0n) is 8.93. The maximum Gasteiger partial charge on any atom is -0.0178 e. The summed E-state index contributed by atoms with van der Waals surface area (Å²) in [6.07, 6.45) is 6.66. The molecule has 0 saturated heterocycles. The van der Waals surface area contributed by atoms with Gasteiger partial charge in [0.05, 0.1) is 0 Å². The normalized spacial score (nSPS) is 12.6. The molecule has 76 valence electrons. The quantitative estimate of drug-likeness (QED) is 0.669. The average molecular weight is 204 g/mol. The minimum absolute atomic E-state index is 1.25. The second-order valence-electron chi connectivity index (χ2n) is 3.97. The number of fused-ring (bicyclic) bond motifs is 1. The first-order valence-electron chi connectivity index (χ1n) is 5.47. The van der Waals surface area contributed by atoms with E-state index < -0.39 is 0 Å². The van der Waals surface area contributed by atoms with Gasteiger partial charge in [-0.3, -0.25) is 0 Å². The van der Waals surface area contributed by atoms with Crippen molar-refractivity contribution in [2.45, 2.75) is 0 Å². The van der Waals surface area contributed by atoms with Gasteiger partial charge in [-0.2, -0.15) is 0 Å². The lowest BCUT2D eigenvalue weighted by molar-refractivity contribution is 1.55. The van der Waals surface area contributed by atoms with Gasteiger partial charge < -0.3 is 0 Å². The van der Waals surface area contributed by atoms with Crippen molar-refractivity contribution in [3.63, 3.8) is 0 Å². The molecule has 2 aromatic rings. The van der Waals surface area contributed by atoms with E-state index in [0.717, 1.165) is 0 Å². The molecular formula is C16H12. The standard InChI is InChI=1S/C16H12/c1-2-6-13(7-3-1)10-14-11-15-8-4-5-9-16(15)12-14/h1-12H. The van der Waals surface area contributed by atoms with Gasteiger partial charge in [-0.1, -0.05) is 54.6 Å². The summed E-state index contributed by atoms with van der Waals surface area (Å²) in [6.45, 7) is 0. The predicted octanol–water partition coefficient (Wildman–Crippen LogP) is 2.34. The molecule has 0 heteroatoms. The number of allylic oxidation sites excluding steroid dienone is 1. The van der Waals surface area contributed by atoms with Crippen LogP contribution in [0.25, 0.3) is 18.2 Å². The molecule has 0 saturated carbocycles. The third-order valence-electron chi connectivity index (χ3n) is 2.77. The van der Waals surface area contributed by atoms with Crippen molar-refractivity contribution in [2.24, 2.45) is 0 Å². The lowest BCUT2D eigenvalue weighted by Crippen LogP contribution is -2.19. The monoisotopic (exact) mass is 204 g/mol. The second-order valence-corrected chi connectivity index (χ2v) is 3.97. The van der Waals surface area contributed by atoms with Crippen molar-refractivity contribution < 1.29 is 0 Å². The number of rotatable bonds is 1. The summed E-state index contributed by atoms with van der Waals surface area (Å²) in [5, 5.41) is 2.62. The predicted molar refractivity (Wildman–Crippen MR) is 69.0 cm³/mol. The van der Waals surface area contributed by atoms with Crippen LogP contribution < -0.4 is 10.4 Å². The Morgan fingerprint density at radius 2 is 1.19 bits per heavy atom. The molecule has 0 unspecified atom stereocenters. The van der Waals surface area contributed by atoms with Crippen molar-refractivity contribution in [3.05, 3.63) is 76.2 Å². The van der Waals surface area contributed by atoms with Gasteiger partial charge in [-0.15, -0.1) is 0 Å². The Morgan fingerprint density at radius 3 is 1.81 bits per heavy atom. The lowest BCUT2D eigenvalue weighted by atomic mass is 10.1. The Kier molecular flexibility index (Phi) is 2.19. The van der Waals surface area contributed by atoms with Crippen LogP contribution in [0.15, 0.2) is 60.2 Å². The molecule has 1 aliphatic carbocycles. The van der Waals surface area contributed by atoms with E-state index in [1.807, 2.05) is 6.07 Å². The van der Waals surface area contributed by atoms with Crippen molar-refractivity contribution in [1.82, 2.24) is 0 Å². The molecule has 16 heavy (non-hydrogen) atoms. The highest BCUT2D eigenvalue weighted by Crippen LogP contribution is 2.10. The van der Waals surface area contributed by atoms with Crippen molar-refractivity contribution in [3.8, 4) is 0 Å². The highest BCUT2D eigenvalue weighted by atomic mass is 14.0. The Bertz CT molecular complexity index is 609. The number of hydrogen-bond acceptors (Lipinski definition) is 0. The Hall–Kier alpha value is -2.08. The van der Waals surface area contributed by atoms with Crippen molar-refractivity contribution in [1.29, 1.82) is 0 Å². The van der Waals surface area contributed by atoms with Gasteiger partial charge in [0.15, 0.2) is 0 Å². The summed E-state index contributed by atoms with van der Waals surface area (Å²) < 4.78 is 0. The van der Waals surface area contributed by atoms with Gasteiger partial charge >= 0.3 is 0 Å². The Labute approximate surface area is 94.9 Å². The number of hydrogen-bond donors (Lipinski definition) is 0. The Balaban J connectivity index is 2.08. The maximum atomic E-state index is 2.22. The highest BCUT2D eigenvalue weighted by molar-refractivity contribution is 5.80. The molecule has 0 N–H and O–H groups in total.